The first-order chi connectivity index (χ1) is 9.69. The Balaban J connectivity index is 2.33. The van der Waals surface area contributed by atoms with Crippen LogP contribution in [0, 0.1) is 0 Å². The standard InChI is InChI=1S/C14H16N2O3S/c1-18-11-8-15-12(14(16-11)19-2)13(17)9-4-6-10(20-3)7-5-9/h4-8,13,17H,1-3H3. The van der Waals surface area contributed by atoms with Crippen molar-refractivity contribution in [1.82, 2.24) is 9.97 Å². The molecule has 2 rings (SSSR count). The van der Waals surface area contributed by atoms with Gasteiger partial charge in [-0.1, -0.05) is 12.1 Å². The molecule has 5 nitrogen and oxygen atoms in total. The number of ether oxygens (including phenoxy) is 2. The van der Waals surface area contributed by atoms with Crippen molar-refractivity contribution < 1.29 is 14.6 Å². The van der Waals surface area contributed by atoms with Crippen molar-refractivity contribution in [3.05, 3.63) is 41.7 Å². The fourth-order valence-electron chi connectivity index (χ4n) is 1.75. The summed E-state index contributed by atoms with van der Waals surface area (Å²) in [5.74, 6) is 0.598. The molecule has 0 saturated carbocycles. The van der Waals surface area contributed by atoms with Crippen LogP contribution in [-0.2, 0) is 0 Å². The number of aliphatic hydroxyl groups is 1. The topological polar surface area (TPSA) is 64.5 Å². The molecule has 0 saturated heterocycles. The van der Waals surface area contributed by atoms with Crippen LogP contribution in [0.1, 0.15) is 17.4 Å². The number of hydrogen-bond acceptors (Lipinski definition) is 6. The quantitative estimate of drug-likeness (QED) is 0.853. The van der Waals surface area contributed by atoms with E-state index in [9.17, 15) is 5.11 Å². The number of aromatic nitrogens is 2. The van der Waals surface area contributed by atoms with E-state index in [1.807, 2.05) is 30.5 Å². The summed E-state index contributed by atoms with van der Waals surface area (Å²) >= 11 is 1.65. The van der Waals surface area contributed by atoms with Crippen molar-refractivity contribution in [1.29, 1.82) is 0 Å². The van der Waals surface area contributed by atoms with E-state index in [0.29, 0.717) is 11.6 Å². The second kappa shape index (κ2) is 6.58. The SMILES string of the molecule is COc1cnc(C(O)c2ccc(SC)cc2)c(OC)n1. The number of nitrogens with zero attached hydrogens (tertiary/aromatic N) is 2. The van der Waals surface area contributed by atoms with E-state index < -0.39 is 6.10 Å². The predicted molar refractivity (Wildman–Crippen MR) is 77.4 cm³/mol. The van der Waals surface area contributed by atoms with Gasteiger partial charge in [-0.3, -0.25) is 0 Å². The van der Waals surface area contributed by atoms with Crippen LogP contribution in [0.4, 0.5) is 0 Å². The number of benzene rings is 1. The summed E-state index contributed by atoms with van der Waals surface area (Å²) in [5, 5.41) is 10.4. The van der Waals surface area contributed by atoms with Gasteiger partial charge in [-0.25, -0.2) is 4.98 Å². The molecule has 0 bridgehead atoms. The lowest BCUT2D eigenvalue weighted by molar-refractivity contribution is 0.206. The van der Waals surface area contributed by atoms with Crippen molar-refractivity contribution in [2.45, 2.75) is 11.0 Å². The van der Waals surface area contributed by atoms with Gasteiger partial charge < -0.3 is 14.6 Å². The maximum atomic E-state index is 10.4. The molecule has 2 aromatic rings. The molecule has 1 aromatic carbocycles. The van der Waals surface area contributed by atoms with Crippen molar-refractivity contribution in [2.24, 2.45) is 0 Å². The highest BCUT2D eigenvalue weighted by Gasteiger charge is 2.19. The monoisotopic (exact) mass is 292 g/mol. The summed E-state index contributed by atoms with van der Waals surface area (Å²) in [6.45, 7) is 0. The molecule has 20 heavy (non-hydrogen) atoms. The van der Waals surface area contributed by atoms with E-state index in [4.69, 9.17) is 9.47 Å². The van der Waals surface area contributed by atoms with Gasteiger partial charge in [-0.15, -0.1) is 11.8 Å². The number of thioether (sulfide) groups is 1. The average Bonchev–Trinajstić information content (AvgIpc) is 2.53. The van der Waals surface area contributed by atoms with Crippen LogP contribution in [0.5, 0.6) is 11.8 Å². The van der Waals surface area contributed by atoms with Crippen LogP contribution in [0.2, 0.25) is 0 Å². The first kappa shape index (κ1) is 14.6. The number of aliphatic hydroxyl groups excluding tert-OH is 1. The second-order valence-electron chi connectivity index (χ2n) is 3.98. The van der Waals surface area contributed by atoms with E-state index in [2.05, 4.69) is 9.97 Å². The molecule has 0 spiro atoms. The lowest BCUT2D eigenvalue weighted by atomic mass is 10.1. The van der Waals surface area contributed by atoms with Gasteiger partial charge >= 0.3 is 0 Å². The Hall–Kier alpha value is -1.79. The minimum Gasteiger partial charge on any atom is -0.480 e. The Bertz CT molecular complexity index is 575. The second-order valence-corrected chi connectivity index (χ2v) is 4.86. The normalized spacial score (nSPS) is 12.0. The van der Waals surface area contributed by atoms with E-state index in [1.54, 1.807) is 11.8 Å². The largest absolute Gasteiger partial charge is 0.480 e. The van der Waals surface area contributed by atoms with Crippen molar-refractivity contribution in [3.8, 4) is 11.8 Å². The molecule has 1 heterocycles. The van der Waals surface area contributed by atoms with E-state index in [1.165, 1.54) is 20.4 Å². The zero-order chi connectivity index (χ0) is 14.5. The Kier molecular flexibility index (Phi) is 4.81. The van der Waals surface area contributed by atoms with Gasteiger partial charge in [-0.05, 0) is 24.0 Å². The zero-order valence-electron chi connectivity index (χ0n) is 11.5. The summed E-state index contributed by atoms with van der Waals surface area (Å²) < 4.78 is 10.1. The lowest BCUT2D eigenvalue weighted by Crippen LogP contribution is -2.07. The number of rotatable bonds is 5. The lowest BCUT2D eigenvalue weighted by Gasteiger charge is -2.14. The summed E-state index contributed by atoms with van der Waals surface area (Å²) in [4.78, 5) is 9.42. The molecule has 0 amide bonds. The molecular weight excluding hydrogens is 276 g/mol. The molecule has 0 fully saturated rings. The van der Waals surface area contributed by atoms with Crippen LogP contribution in [0.3, 0.4) is 0 Å². The van der Waals surface area contributed by atoms with Crippen molar-refractivity contribution in [2.75, 3.05) is 20.5 Å². The Morgan fingerprint density at radius 2 is 1.85 bits per heavy atom. The molecular formula is C14H16N2O3S. The predicted octanol–water partition coefficient (Wildman–Crippen LogP) is 2.30. The Morgan fingerprint density at radius 3 is 2.40 bits per heavy atom. The molecule has 1 N–H and O–H groups in total. The summed E-state index contributed by atoms with van der Waals surface area (Å²) in [5.41, 5.74) is 1.10. The first-order valence-corrected chi connectivity index (χ1v) is 7.19. The highest BCUT2D eigenvalue weighted by atomic mass is 32.2. The van der Waals surface area contributed by atoms with Gasteiger partial charge in [0.15, 0.2) is 0 Å². The van der Waals surface area contributed by atoms with Crippen molar-refractivity contribution in [3.63, 3.8) is 0 Å². The smallest absolute Gasteiger partial charge is 0.241 e. The molecule has 1 aromatic heterocycles. The van der Waals surface area contributed by atoms with Crippen LogP contribution >= 0.6 is 11.8 Å². The highest BCUT2D eigenvalue weighted by Crippen LogP contribution is 2.29. The van der Waals surface area contributed by atoms with Crippen LogP contribution < -0.4 is 9.47 Å². The maximum absolute atomic E-state index is 10.4. The number of hydrogen-bond donors (Lipinski definition) is 1. The zero-order valence-corrected chi connectivity index (χ0v) is 12.3. The van der Waals surface area contributed by atoms with E-state index in [-0.39, 0.29) is 5.88 Å². The molecule has 6 heteroatoms. The molecule has 0 aliphatic heterocycles. The fourth-order valence-corrected chi connectivity index (χ4v) is 2.15. The summed E-state index contributed by atoms with van der Waals surface area (Å²) in [6, 6.07) is 7.63. The fraction of sp³-hybridized carbons (Fsp3) is 0.286. The molecule has 1 unspecified atom stereocenters. The average molecular weight is 292 g/mol. The Labute approximate surface area is 122 Å². The molecule has 0 aliphatic rings. The van der Waals surface area contributed by atoms with Gasteiger partial charge in [0.05, 0.1) is 20.4 Å². The minimum absolute atomic E-state index is 0.255. The van der Waals surface area contributed by atoms with Crippen LogP contribution in [0.25, 0.3) is 0 Å². The Morgan fingerprint density at radius 1 is 1.15 bits per heavy atom. The number of methoxy groups -OCH3 is 2. The van der Waals surface area contributed by atoms with Gasteiger partial charge in [0.2, 0.25) is 11.8 Å². The van der Waals surface area contributed by atoms with Crippen LogP contribution in [-0.4, -0.2) is 35.5 Å². The summed E-state index contributed by atoms with van der Waals surface area (Å²) in [7, 11) is 2.98. The first-order valence-electron chi connectivity index (χ1n) is 5.96. The molecule has 0 aliphatic carbocycles. The van der Waals surface area contributed by atoms with Crippen molar-refractivity contribution >= 4 is 11.8 Å². The van der Waals surface area contributed by atoms with Gasteiger partial charge in [0.25, 0.3) is 0 Å². The van der Waals surface area contributed by atoms with E-state index in [0.717, 1.165) is 10.5 Å². The van der Waals surface area contributed by atoms with Gasteiger partial charge in [0, 0.05) is 4.90 Å². The third-order valence-corrected chi connectivity index (χ3v) is 3.58. The highest BCUT2D eigenvalue weighted by molar-refractivity contribution is 7.98. The van der Waals surface area contributed by atoms with E-state index >= 15 is 0 Å². The molecule has 106 valence electrons. The third-order valence-electron chi connectivity index (χ3n) is 2.84. The van der Waals surface area contributed by atoms with Crippen LogP contribution in [0.15, 0.2) is 35.4 Å². The molecule has 0 radical (unpaired) electrons. The molecule has 1 atom stereocenters. The van der Waals surface area contributed by atoms with Gasteiger partial charge in [0.1, 0.15) is 11.8 Å². The van der Waals surface area contributed by atoms with Gasteiger partial charge in [-0.2, -0.15) is 4.98 Å². The summed E-state index contributed by atoms with van der Waals surface area (Å²) in [6.07, 6.45) is 2.57. The minimum atomic E-state index is -0.890. The maximum Gasteiger partial charge on any atom is 0.241 e. The third kappa shape index (κ3) is 3.02.